The van der Waals surface area contributed by atoms with Crippen LogP contribution in [0.1, 0.15) is 239 Å². The number of carbonyl (C=O) groups is 2. The number of esters is 2. The molecule has 0 spiro atoms. The van der Waals surface area contributed by atoms with E-state index in [2.05, 4.69) is 123 Å². The molecule has 370 valence electrons. The summed E-state index contributed by atoms with van der Waals surface area (Å²) in [7, 11) is 0. The van der Waals surface area contributed by atoms with Crippen LogP contribution in [0, 0.1) is 0 Å². The number of unbranched alkanes of at least 4 members (excludes halogenated alkanes) is 22. The number of ether oxygens (including phenoxy) is 2. The van der Waals surface area contributed by atoms with Crippen LogP contribution in [0.25, 0.3) is 0 Å². The first kappa shape index (κ1) is 61.6. The first-order chi connectivity index (χ1) is 32.1. The van der Waals surface area contributed by atoms with E-state index in [1.807, 2.05) is 0 Å². The monoisotopic (exact) mass is 901 g/mol. The molecule has 0 fully saturated rings. The van der Waals surface area contributed by atoms with Gasteiger partial charge in [-0.2, -0.15) is 0 Å². The van der Waals surface area contributed by atoms with E-state index in [-0.39, 0.29) is 25.2 Å². The van der Waals surface area contributed by atoms with E-state index in [9.17, 15) is 14.7 Å². The Kier molecular flexibility index (Phi) is 52.0. The van der Waals surface area contributed by atoms with Gasteiger partial charge in [-0.05, 0) is 83.5 Å². The second-order valence-corrected chi connectivity index (χ2v) is 17.6. The Bertz CT molecular complexity index is 1290. The molecule has 0 heterocycles. The summed E-state index contributed by atoms with van der Waals surface area (Å²) in [6.45, 7) is 4.01. The second kappa shape index (κ2) is 54.9. The number of aliphatic hydroxyl groups is 1. The SMILES string of the molecule is CC/C=C\C/C=C\C/C=C\C/C=C\C/C=C\C/C=C\C/C=C\C/C=C\C/C=C\CCCCCCCCCCCCCCCC(=O)OC(CO)COC(=O)CCCCCCCCCCCC. The average molecular weight is 901 g/mol. The molecule has 0 amide bonds. The Morgan fingerprint density at radius 2 is 0.662 bits per heavy atom. The average Bonchev–Trinajstić information content (AvgIpc) is 3.31. The zero-order chi connectivity index (χ0) is 47.0. The van der Waals surface area contributed by atoms with Crippen LogP contribution in [0.2, 0.25) is 0 Å². The molecule has 1 atom stereocenters. The zero-order valence-electron chi connectivity index (χ0n) is 42.2. The van der Waals surface area contributed by atoms with Gasteiger partial charge in [-0.1, -0.05) is 252 Å². The Morgan fingerprint density at radius 3 is 1.00 bits per heavy atom. The van der Waals surface area contributed by atoms with Gasteiger partial charge in [0.2, 0.25) is 0 Å². The Labute approximate surface area is 401 Å². The van der Waals surface area contributed by atoms with Crippen LogP contribution >= 0.6 is 0 Å². The van der Waals surface area contributed by atoms with Crippen LogP contribution in [-0.2, 0) is 19.1 Å². The fourth-order valence-corrected chi connectivity index (χ4v) is 7.31. The van der Waals surface area contributed by atoms with Gasteiger partial charge >= 0.3 is 11.9 Å². The molecule has 0 aliphatic rings. The van der Waals surface area contributed by atoms with Crippen molar-refractivity contribution < 1.29 is 24.2 Å². The molecule has 0 radical (unpaired) electrons. The van der Waals surface area contributed by atoms with Crippen molar-refractivity contribution in [2.75, 3.05) is 13.2 Å². The predicted molar refractivity (Wildman–Crippen MR) is 283 cm³/mol. The van der Waals surface area contributed by atoms with Crippen molar-refractivity contribution in [1.82, 2.24) is 0 Å². The second-order valence-electron chi connectivity index (χ2n) is 17.6. The Morgan fingerprint density at radius 1 is 0.369 bits per heavy atom. The van der Waals surface area contributed by atoms with Gasteiger partial charge in [-0.25, -0.2) is 0 Å². The van der Waals surface area contributed by atoms with E-state index < -0.39 is 6.10 Å². The number of rotatable bonds is 48. The minimum atomic E-state index is -0.773. The number of hydrogen-bond acceptors (Lipinski definition) is 5. The van der Waals surface area contributed by atoms with Crippen molar-refractivity contribution >= 4 is 11.9 Å². The highest BCUT2D eigenvalue weighted by atomic mass is 16.6. The fourth-order valence-electron chi connectivity index (χ4n) is 7.31. The molecule has 0 aromatic carbocycles. The minimum Gasteiger partial charge on any atom is -0.462 e. The summed E-state index contributed by atoms with van der Waals surface area (Å²) < 4.78 is 10.6. The molecular formula is C60H100O5. The molecule has 65 heavy (non-hydrogen) atoms. The summed E-state index contributed by atoms with van der Waals surface area (Å²) in [5.74, 6) is -0.593. The van der Waals surface area contributed by atoms with E-state index in [4.69, 9.17) is 9.47 Å². The zero-order valence-corrected chi connectivity index (χ0v) is 42.2. The highest BCUT2D eigenvalue weighted by Crippen LogP contribution is 2.15. The minimum absolute atomic E-state index is 0.0672. The van der Waals surface area contributed by atoms with E-state index in [1.54, 1.807) is 0 Å². The van der Waals surface area contributed by atoms with E-state index in [0.29, 0.717) is 12.8 Å². The molecule has 5 heteroatoms. The van der Waals surface area contributed by atoms with Crippen molar-refractivity contribution in [3.8, 4) is 0 Å². The van der Waals surface area contributed by atoms with Gasteiger partial charge in [-0.15, -0.1) is 0 Å². The largest absolute Gasteiger partial charge is 0.462 e. The summed E-state index contributed by atoms with van der Waals surface area (Å²) >= 11 is 0. The first-order valence-electron chi connectivity index (χ1n) is 26.9. The van der Waals surface area contributed by atoms with Crippen LogP contribution in [0.5, 0.6) is 0 Å². The quantitative estimate of drug-likeness (QED) is 0.0374. The molecule has 0 aromatic rings. The highest BCUT2D eigenvalue weighted by molar-refractivity contribution is 5.70. The maximum Gasteiger partial charge on any atom is 0.306 e. The molecule has 0 rings (SSSR count). The van der Waals surface area contributed by atoms with Crippen molar-refractivity contribution in [3.63, 3.8) is 0 Å². The van der Waals surface area contributed by atoms with Gasteiger partial charge < -0.3 is 14.6 Å². The Balaban J connectivity index is 3.53. The molecule has 0 bridgehead atoms. The number of allylic oxidation sites excluding steroid dienone is 18. The van der Waals surface area contributed by atoms with Gasteiger partial charge in [0.25, 0.3) is 0 Å². The first-order valence-corrected chi connectivity index (χ1v) is 26.9. The van der Waals surface area contributed by atoms with E-state index in [0.717, 1.165) is 96.3 Å². The van der Waals surface area contributed by atoms with Crippen LogP contribution in [0.4, 0.5) is 0 Å². The molecule has 0 aliphatic carbocycles. The normalized spacial score (nSPS) is 13.1. The van der Waals surface area contributed by atoms with Crippen molar-refractivity contribution in [1.29, 1.82) is 0 Å². The van der Waals surface area contributed by atoms with Gasteiger partial charge in [0.05, 0.1) is 6.61 Å². The van der Waals surface area contributed by atoms with Gasteiger partial charge in [0.15, 0.2) is 6.10 Å². The summed E-state index contributed by atoms with van der Waals surface area (Å²) in [6, 6.07) is 0. The summed E-state index contributed by atoms with van der Waals surface area (Å²) in [5, 5.41) is 9.59. The third-order valence-electron chi connectivity index (χ3n) is 11.3. The number of carbonyl (C=O) groups excluding carboxylic acids is 2. The predicted octanol–water partition coefficient (Wildman–Crippen LogP) is 18.1. The topological polar surface area (TPSA) is 72.8 Å². The third kappa shape index (κ3) is 53.1. The lowest BCUT2D eigenvalue weighted by molar-refractivity contribution is -0.161. The van der Waals surface area contributed by atoms with Crippen LogP contribution in [-0.4, -0.2) is 36.4 Å². The van der Waals surface area contributed by atoms with Crippen molar-refractivity contribution in [3.05, 3.63) is 109 Å². The third-order valence-corrected chi connectivity index (χ3v) is 11.3. The fraction of sp³-hybridized carbons (Fsp3) is 0.667. The lowest BCUT2D eigenvalue weighted by Gasteiger charge is -2.15. The molecule has 5 nitrogen and oxygen atoms in total. The van der Waals surface area contributed by atoms with Gasteiger partial charge in [0.1, 0.15) is 6.61 Å². The summed E-state index contributed by atoms with van der Waals surface area (Å²) in [5.41, 5.74) is 0. The van der Waals surface area contributed by atoms with Crippen LogP contribution in [0.3, 0.4) is 0 Å². The van der Waals surface area contributed by atoms with E-state index >= 15 is 0 Å². The van der Waals surface area contributed by atoms with Crippen molar-refractivity contribution in [2.24, 2.45) is 0 Å². The molecule has 0 aliphatic heterocycles. The van der Waals surface area contributed by atoms with Gasteiger partial charge in [-0.3, -0.25) is 9.59 Å². The molecule has 0 aromatic heterocycles. The lowest BCUT2D eigenvalue weighted by Crippen LogP contribution is -2.28. The van der Waals surface area contributed by atoms with Gasteiger partial charge in [0, 0.05) is 12.8 Å². The Hall–Kier alpha value is -3.44. The highest BCUT2D eigenvalue weighted by Gasteiger charge is 2.16. The van der Waals surface area contributed by atoms with Crippen LogP contribution < -0.4 is 0 Å². The summed E-state index contributed by atoms with van der Waals surface area (Å²) in [6.07, 6.45) is 79.2. The van der Waals surface area contributed by atoms with E-state index in [1.165, 1.54) is 116 Å². The van der Waals surface area contributed by atoms with Crippen LogP contribution in [0.15, 0.2) is 109 Å². The molecule has 1 unspecified atom stereocenters. The smallest absolute Gasteiger partial charge is 0.306 e. The maximum absolute atomic E-state index is 12.2. The molecule has 0 saturated heterocycles. The molecular weight excluding hydrogens is 801 g/mol. The molecule has 1 N–H and O–H groups in total. The van der Waals surface area contributed by atoms with Crippen molar-refractivity contribution in [2.45, 2.75) is 245 Å². The maximum atomic E-state index is 12.2. The number of aliphatic hydroxyl groups excluding tert-OH is 1. The lowest BCUT2D eigenvalue weighted by atomic mass is 10.0. The standard InChI is InChI=1S/C60H100O5/c1-3-5-7-9-11-13-15-16-17-18-19-20-21-22-23-24-25-26-27-28-29-30-31-32-33-34-35-36-37-38-39-40-41-42-43-44-45-47-49-51-53-55-60(63)65-58(56-61)57-64-59(62)54-52-50-48-46-14-12-10-8-6-4-2/h5,7,11,13,16-17,19-20,22-23,25-26,28-29,31-32,34-35,58,61H,3-4,6,8-10,12,14-15,18,21,24,27,30,33,36-57H2,1-2H3/b7-5-,13-11-,17-16-,20-19-,23-22-,26-25-,29-28-,32-31-,35-34-. The summed E-state index contributed by atoms with van der Waals surface area (Å²) in [4.78, 5) is 24.3. The number of hydrogen-bond donors (Lipinski definition) is 1. The molecule has 0 saturated carbocycles.